The van der Waals surface area contributed by atoms with Gasteiger partial charge in [0.2, 0.25) is 15.9 Å². The van der Waals surface area contributed by atoms with Crippen LogP contribution in [0.2, 0.25) is 0 Å². The minimum atomic E-state index is -3.54. The molecule has 1 heterocycles. The highest BCUT2D eigenvalue weighted by Crippen LogP contribution is 2.23. The van der Waals surface area contributed by atoms with Gasteiger partial charge in [0.05, 0.1) is 4.90 Å². The van der Waals surface area contributed by atoms with Crippen molar-refractivity contribution in [2.24, 2.45) is 0 Å². The Kier molecular flexibility index (Phi) is 7.23. The average Bonchev–Trinajstić information content (AvgIpc) is 2.77. The van der Waals surface area contributed by atoms with E-state index in [4.69, 9.17) is 0 Å². The molecule has 0 aromatic heterocycles. The van der Waals surface area contributed by atoms with Gasteiger partial charge in [-0.3, -0.25) is 4.79 Å². The number of benzene rings is 2. The minimum absolute atomic E-state index is 0.168. The number of sulfonamides is 1. The second-order valence-electron chi connectivity index (χ2n) is 7.22. The molecule has 2 aromatic carbocycles. The molecule has 29 heavy (non-hydrogen) atoms. The largest absolute Gasteiger partial charge is 0.348 e. The third kappa shape index (κ3) is 5.55. The van der Waals surface area contributed by atoms with Gasteiger partial charge in [-0.2, -0.15) is 4.31 Å². The number of hydrogen-bond donors (Lipinski definition) is 1. The van der Waals surface area contributed by atoms with E-state index in [-0.39, 0.29) is 17.3 Å². The van der Waals surface area contributed by atoms with Crippen LogP contribution in [0.25, 0.3) is 6.08 Å². The lowest BCUT2D eigenvalue weighted by atomic mass is 10.1. The molecule has 154 valence electrons. The molecular formula is C23H28N2O3S. The Balaban J connectivity index is 1.66. The van der Waals surface area contributed by atoms with Gasteiger partial charge in [0, 0.05) is 25.7 Å². The molecule has 1 fully saturated rings. The Morgan fingerprint density at radius 1 is 1.03 bits per heavy atom. The molecule has 2 aromatic rings. The molecule has 3 rings (SSSR count). The van der Waals surface area contributed by atoms with E-state index in [0.29, 0.717) is 18.7 Å². The third-order valence-electron chi connectivity index (χ3n) is 5.17. The number of amides is 1. The molecule has 1 aliphatic rings. The lowest BCUT2D eigenvalue weighted by Crippen LogP contribution is -2.36. The van der Waals surface area contributed by atoms with E-state index in [1.54, 1.807) is 34.6 Å². The van der Waals surface area contributed by atoms with Crippen LogP contribution in [0.15, 0.2) is 59.5 Å². The quantitative estimate of drug-likeness (QED) is 0.704. The van der Waals surface area contributed by atoms with Gasteiger partial charge >= 0.3 is 0 Å². The van der Waals surface area contributed by atoms with Crippen LogP contribution in [-0.2, 0) is 27.8 Å². The SMILES string of the molecule is CCc1ccc(/C=C/C(=O)NCc2ccccc2S(=O)(=O)N2CCCCC2)cc1. The first-order valence-corrected chi connectivity index (χ1v) is 11.6. The van der Waals surface area contributed by atoms with Gasteiger partial charge in [-0.05, 0) is 48.1 Å². The molecule has 6 heteroatoms. The summed E-state index contributed by atoms with van der Waals surface area (Å²) in [7, 11) is -3.54. The van der Waals surface area contributed by atoms with Gasteiger partial charge in [-0.15, -0.1) is 0 Å². The first-order valence-electron chi connectivity index (χ1n) is 10.1. The molecule has 1 aliphatic heterocycles. The Morgan fingerprint density at radius 2 is 1.72 bits per heavy atom. The van der Waals surface area contributed by atoms with Gasteiger partial charge in [-0.1, -0.05) is 55.8 Å². The van der Waals surface area contributed by atoms with Crippen LogP contribution < -0.4 is 5.32 Å². The molecule has 5 nitrogen and oxygen atoms in total. The highest BCUT2D eigenvalue weighted by molar-refractivity contribution is 7.89. The number of hydrogen-bond acceptors (Lipinski definition) is 3. The van der Waals surface area contributed by atoms with Crippen molar-refractivity contribution >= 4 is 22.0 Å². The first-order chi connectivity index (χ1) is 14.0. The van der Waals surface area contributed by atoms with E-state index in [2.05, 4.69) is 12.2 Å². The Hall–Kier alpha value is -2.44. The van der Waals surface area contributed by atoms with E-state index in [1.807, 2.05) is 24.3 Å². The molecule has 0 radical (unpaired) electrons. The van der Waals surface area contributed by atoms with E-state index in [9.17, 15) is 13.2 Å². The molecule has 0 unspecified atom stereocenters. The van der Waals surface area contributed by atoms with Crippen molar-refractivity contribution in [2.45, 2.75) is 44.0 Å². The van der Waals surface area contributed by atoms with E-state index < -0.39 is 10.0 Å². The van der Waals surface area contributed by atoms with Crippen molar-refractivity contribution in [3.8, 4) is 0 Å². The average molecular weight is 413 g/mol. The normalized spacial score (nSPS) is 15.5. The van der Waals surface area contributed by atoms with Crippen molar-refractivity contribution in [3.05, 3.63) is 71.3 Å². The van der Waals surface area contributed by atoms with Gasteiger partial charge in [0.1, 0.15) is 0 Å². The van der Waals surface area contributed by atoms with Crippen molar-refractivity contribution in [3.63, 3.8) is 0 Å². The predicted molar refractivity (Wildman–Crippen MR) is 116 cm³/mol. The number of piperidine rings is 1. The summed E-state index contributed by atoms with van der Waals surface area (Å²) in [4.78, 5) is 12.5. The standard InChI is InChI=1S/C23H28N2O3S/c1-2-19-10-12-20(13-11-19)14-15-23(26)24-18-21-8-4-5-9-22(21)29(27,28)25-16-6-3-7-17-25/h4-5,8-15H,2-3,6-7,16-18H2,1H3,(H,24,26)/b15-14+. The van der Waals surface area contributed by atoms with Crippen LogP contribution in [0, 0.1) is 0 Å². The fourth-order valence-electron chi connectivity index (χ4n) is 3.42. The van der Waals surface area contributed by atoms with Crippen LogP contribution in [0.1, 0.15) is 42.9 Å². The molecule has 0 saturated carbocycles. The lowest BCUT2D eigenvalue weighted by Gasteiger charge is -2.26. The number of nitrogens with zero attached hydrogens (tertiary/aromatic N) is 1. The molecule has 1 amide bonds. The third-order valence-corrected chi connectivity index (χ3v) is 7.17. The fourth-order valence-corrected chi connectivity index (χ4v) is 5.16. The number of nitrogens with one attached hydrogen (secondary N) is 1. The monoisotopic (exact) mass is 412 g/mol. The van der Waals surface area contributed by atoms with Gasteiger partial charge in [0.25, 0.3) is 0 Å². The number of rotatable bonds is 7. The summed E-state index contributed by atoms with van der Waals surface area (Å²) in [5.41, 5.74) is 2.80. The maximum absolute atomic E-state index is 13.0. The van der Waals surface area contributed by atoms with Crippen molar-refractivity contribution in [2.75, 3.05) is 13.1 Å². The van der Waals surface area contributed by atoms with Crippen LogP contribution in [0.3, 0.4) is 0 Å². The van der Waals surface area contributed by atoms with Gasteiger partial charge < -0.3 is 5.32 Å². The van der Waals surface area contributed by atoms with E-state index in [1.165, 1.54) is 11.6 Å². The Labute approximate surface area is 173 Å². The summed E-state index contributed by atoms with van der Waals surface area (Å²) in [6.45, 7) is 3.38. The molecule has 1 N–H and O–H groups in total. The maximum atomic E-state index is 13.0. The second kappa shape index (κ2) is 9.85. The van der Waals surface area contributed by atoms with Gasteiger partial charge in [0.15, 0.2) is 0 Å². The van der Waals surface area contributed by atoms with Crippen LogP contribution in [0.4, 0.5) is 0 Å². The Bertz CT molecular complexity index is 960. The van der Waals surface area contributed by atoms with E-state index >= 15 is 0 Å². The number of carbonyl (C=O) groups excluding carboxylic acids is 1. The smallest absolute Gasteiger partial charge is 0.244 e. The van der Waals surface area contributed by atoms with Crippen molar-refractivity contribution in [1.82, 2.24) is 9.62 Å². The minimum Gasteiger partial charge on any atom is -0.348 e. The summed E-state index contributed by atoms with van der Waals surface area (Å²) < 4.78 is 27.6. The highest BCUT2D eigenvalue weighted by atomic mass is 32.2. The summed E-state index contributed by atoms with van der Waals surface area (Å²) in [6, 6.07) is 14.9. The second-order valence-corrected chi connectivity index (χ2v) is 9.13. The Morgan fingerprint density at radius 3 is 2.41 bits per heavy atom. The summed E-state index contributed by atoms with van der Waals surface area (Å²) in [5.74, 6) is -0.255. The zero-order chi connectivity index (χ0) is 20.7. The van der Waals surface area contributed by atoms with Crippen LogP contribution in [-0.4, -0.2) is 31.7 Å². The lowest BCUT2D eigenvalue weighted by molar-refractivity contribution is -0.116. The molecule has 0 bridgehead atoms. The topological polar surface area (TPSA) is 66.5 Å². The van der Waals surface area contributed by atoms with Gasteiger partial charge in [-0.25, -0.2) is 8.42 Å². The predicted octanol–water partition coefficient (Wildman–Crippen LogP) is 3.75. The molecular weight excluding hydrogens is 384 g/mol. The van der Waals surface area contributed by atoms with Crippen LogP contribution >= 0.6 is 0 Å². The molecule has 0 spiro atoms. The molecule has 0 atom stereocenters. The van der Waals surface area contributed by atoms with Crippen molar-refractivity contribution in [1.29, 1.82) is 0 Å². The van der Waals surface area contributed by atoms with Crippen molar-refractivity contribution < 1.29 is 13.2 Å². The first kappa shape index (κ1) is 21.3. The zero-order valence-electron chi connectivity index (χ0n) is 16.8. The molecule has 1 saturated heterocycles. The summed E-state index contributed by atoms with van der Waals surface area (Å²) in [5, 5.41) is 2.80. The molecule has 0 aliphatic carbocycles. The highest BCUT2D eigenvalue weighted by Gasteiger charge is 2.27. The number of carbonyl (C=O) groups is 1. The van der Waals surface area contributed by atoms with Crippen LogP contribution in [0.5, 0.6) is 0 Å². The zero-order valence-corrected chi connectivity index (χ0v) is 17.6. The summed E-state index contributed by atoms with van der Waals surface area (Å²) >= 11 is 0. The fraction of sp³-hybridized carbons (Fsp3) is 0.348. The van der Waals surface area contributed by atoms with E-state index in [0.717, 1.165) is 31.2 Å². The summed E-state index contributed by atoms with van der Waals surface area (Å²) in [6.07, 6.45) is 7.06. The maximum Gasteiger partial charge on any atom is 0.244 e. The number of aryl methyl sites for hydroxylation is 1.